The fraction of sp³-hybridized carbons (Fsp3) is 0.200. The minimum Gasteiger partial charge on any atom is -0.493 e. The third-order valence-electron chi connectivity index (χ3n) is 4.00. The van der Waals surface area contributed by atoms with Gasteiger partial charge >= 0.3 is 5.97 Å². The van der Waals surface area contributed by atoms with E-state index in [0.29, 0.717) is 27.1 Å². The Labute approximate surface area is 182 Å². The van der Waals surface area contributed by atoms with Crippen molar-refractivity contribution in [2.24, 2.45) is 5.10 Å². The van der Waals surface area contributed by atoms with Gasteiger partial charge in [0, 0.05) is 18.9 Å². The monoisotopic (exact) mass is 447 g/mol. The lowest BCUT2D eigenvalue weighted by molar-refractivity contribution is -0.129. The molecule has 30 heavy (non-hydrogen) atoms. The van der Waals surface area contributed by atoms with Crippen molar-refractivity contribution in [1.29, 1.82) is 0 Å². The van der Waals surface area contributed by atoms with E-state index >= 15 is 0 Å². The summed E-state index contributed by atoms with van der Waals surface area (Å²) in [7, 11) is 1.45. The number of nitrogens with zero attached hydrogens (tertiary/aromatic N) is 2. The highest BCUT2D eigenvalue weighted by Crippen LogP contribution is 2.41. The third kappa shape index (κ3) is 4.92. The Morgan fingerprint density at radius 2 is 1.80 bits per heavy atom. The van der Waals surface area contributed by atoms with Crippen molar-refractivity contribution in [1.82, 2.24) is 10.3 Å². The summed E-state index contributed by atoms with van der Waals surface area (Å²) in [6.07, 6.45) is 0. The number of carbonyl (C=O) groups excluding carboxylic acids is 3. The number of amides is 2. The maximum Gasteiger partial charge on any atom is 0.343 e. The van der Waals surface area contributed by atoms with E-state index in [1.807, 2.05) is 0 Å². The van der Waals surface area contributed by atoms with Crippen molar-refractivity contribution in [2.45, 2.75) is 19.2 Å². The number of hydrogen-bond donors (Lipinski definition) is 1. The van der Waals surface area contributed by atoms with Crippen LogP contribution in [-0.4, -0.2) is 35.1 Å². The van der Waals surface area contributed by atoms with Crippen molar-refractivity contribution in [3.05, 3.63) is 58.6 Å². The summed E-state index contributed by atoms with van der Waals surface area (Å²) in [6, 6.07) is 11.3. The van der Waals surface area contributed by atoms with Crippen molar-refractivity contribution in [3.8, 4) is 11.5 Å². The number of rotatable bonds is 4. The van der Waals surface area contributed by atoms with Gasteiger partial charge in [0.1, 0.15) is 5.37 Å². The first-order valence-electron chi connectivity index (χ1n) is 8.77. The molecule has 1 atom stereocenters. The van der Waals surface area contributed by atoms with Gasteiger partial charge in [0.2, 0.25) is 11.8 Å². The number of amidine groups is 1. The van der Waals surface area contributed by atoms with Gasteiger partial charge in [0.05, 0.1) is 12.7 Å². The van der Waals surface area contributed by atoms with Crippen LogP contribution in [0.2, 0.25) is 5.02 Å². The molecule has 0 aliphatic carbocycles. The second-order valence-corrected chi connectivity index (χ2v) is 7.73. The fourth-order valence-electron chi connectivity index (χ4n) is 2.65. The quantitative estimate of drug-likeness (QED) is 0.568. The van der Waals surface area contributed by atoms with Gasteiger partial charge in [-0.3, -0.25) is 9.59 Å². The number of benzene rings is 2. The summed E-state index contributed by atoms with van der Waals surface area (Å²) in [5.41, 5.74) is 1.02. The number of nitrogens with one attached hydrogen (secondary N) is 1. The van der Waals surface area contributed by atoms with Crippen LogP contribution in [-0.2, 0) is 9.59 Å². The fourth-order valence-corrected chi connectivity index (χ4v) is 3.90. The van der Waals surface area contributed by atoms with Crippen LogP contribution < -0.4 is 14.8 Å². The molecule has 0 fully saturated rings. The third-order valence-corrected chi connectivity index (χ3v) is 5.36. The SMILES string of the molecule is COc1cc([C@@H]2SC(NC(C)=O)=NN2C(C)=O)ccc1OC(=O)c1ccc(Cl)cc1. The maximum atomic E-state index is 12.4. The minimum absolute atomic E-state index is 0.224. The molecule has 1 N–H and O–H groups in total. The highest BCUT2D eigenvalue weighted by molar-refractivity contribution is 8.14. The lowest BCUT2D eigenvalue weighted by atomic mass is 10.2. The van der Waals surface area contributed by atoms with Crippen LogP contribution in [0.1, 0.15) is 35.1 Å². The summed E-state index contributed by atoms with van der Waals surface area (Å²) in [5, 5.41) is 8.34. The smallest absolute Gasteiger partial charge is 0.343 e. The first-order valence-corrected chi connectivity index (χ1v) is 10.0. The van der Waals surface area contributed by atoms with E-state index in [0.717, 1.165) is 0 Å². The van der Waals surface area contributed by atoms with Gasteiger partial charge in [0.15, 0.2) is 16.7 Å². The second kappa shape index (κ2) is 9.19. The number of esters is 1. The zero-order valence-electron chi connectivity index (χ0n) is 16.3. The number of thioether (sulfide) groups is 1. The number of hydrogen-bond acceptors (Lipinski definition) is 7. The average molecular weight is 448 g/mol. The average Bonchev–Trinajstić information content (AvgIpc) is 3.12. The van der Waals surface area contributed by atoms with E-state index in [1.165, 1.54) is 37.7 Å². The Kier molecular flexibility index (Phi) is 6.63. The molecule has 3 rings (SSSR count). The van der Waals surface area contributed by atoms with Gasteiger partial charge in [-0.05, 0) is 42.0 Å². The van der Waals surface area contributed by atoms with Gasteiger partial charge in [-0.1, -0.05) is 29.4 Å². The molecule has 10 heteroatoms. The normalized spacial score (nSPS) is 15.4. The van der Waals surface area contributed by atoms with Crippen molar-refractivity contribution in [3.63, 3.8) is 0 Å². The van der Waals surface area contributed by atoms with Crippen LogP contribution in [0.5, 0.6) is 11.5 Å². The largest absolute Gasteiger partial charge is 0.493 e. The number of ether oxygens (including phenoxy) is 2. The highest BCUT2D eigenvalue weighted by Gasteiger charge is 2.33. The standard InChI is InChI=1S/C20H18ClN3O5S/c1-11(25)22-20-23-24(12(2)26)18(30-20)14-6-9-16(17(10-14)28-3)29-19(27)13-4-7-15(21)8-5-13/h4-10,18H,1-3H3,(H,22,23,25)/t18-/m0/s1. The summed E-state index contributed by atoms with van der Waals surface area (Å²) in [6.45, 7) is 2.74. The van der Waals surface area contributed by atoms with Crippen molar-refractivity contribution < 1.29 is 23.9 Å². The second-order valence-electron chi connectivity index (χ2n) is 6.23. The molecule has 1 heterocycles. The summed E-state index contributed by atoms with van der Waals surface area (Å²) in [4.78, 5) is 35.7. The molecule has 1 aliphatic rings. The van der Waals surface area contributed by atoms with Crippen molar-refractivity contribution >= 4 is 46.3 Å². The first kappa shape index (κ1) is 21.7. The Hall–Kier alpha value is -3.04. The molecule has 0 spiro atoms. The Morgan fingerprint density at radius 3 is 2.40 bits per heavy atom. The van der Waals surface area contributed by atoms with Crippen LogP contribution in [0, 0.1) is 0 Å². The first-order chi connectivity index (χ1) is 14.3. The number of methoxy groups -OCH3 is 1. The van der Waals surface area contributed by atoms with Crippen LogP contribution in [0.25, 0.3) is 0 Å². The highest BCUT2D eigenvalue weighted by atomic mass is 35.5. The molecule has 1 aliphatic heterocycles. The summed E-state index contributed by atoms with van der Waals surface area (Å²) >= 11 is 7.05. The van der Waals surface area contributed by atoms with Crippen molar-refractivity contribution in [2.75, 3.05) is 7.11 Å². The van der Waals surface area contributed by atoms with Crippen LogP contribution >= 0.6 is 23.4 Å². The molecular formula is C20H18ClN3O5S. The van der Waals surface area contributed by atoms with E-state index in [-0.39, 0.29) is 17.6 Å². The Balaban J connectivity index is 1.83. The molecule has 0 saturated carbocycles. The molecule has 0 aromatic heterocycles. The number of halogens is 1. The topological polar surface area (TPSA) is 97.3 Å². The zero-order chi connectivity index (χ0) is 21.8. The van der Waals surface area contributed by atoms with Crippen LogP contribution in [0.3, 0.4) is 0 Å². The minimum atomic E-state index is -0.561. The molecular weight excluding hydrogens is 430 g/mol. The van der Waals surface area contributed by atoms with E-state index in [2.05, 4.69) is 10.4 Å². The lowest BCUT2D eigenvalue weighted by Crippen LogP contribution is -2.25. The van der Waals surface area contributed by atoms with Gasteiger partial charge in [-0.2, -0.15) is 0 Å². The van der Waals surface area contributed by atoms with E-state index in [4.69, 9.17) is 21.1 Å². The van der Waals surface area contributed by atoms with Crippen LogP contribution in [0.15, 0.2) is 47.6 Å². The summed E-state index contributed by atoms with van der Waals surface area (Å²) < 4.78 is 10.8. The number of hydrazone groups is 1. The molecule has 0 radical (unpaired) electrons. The molecule has 8 nitrogen and oxygen atoms in total. The molecule has 2 aromatic carbocycles. The van der Waals surface area contributed by atoms with Gasteiger partial charge in [0.25, 0.3) is 0 Å². The zero-order valence-corrected chi connectivity index (χ0v) is 17.9. The predicted octanol–water partition coefficient (Wildman–Crippen LogP) is 3.57. The Morgan fingerprint density at radius 1 is 1.10 bits per heavy atom. The molecule has 0 saturated heterocycles. The lowest BCUT2D eigenvalue weighted by Gasteiger charge is -2.20. The molecule has 2 amide bonds. The van der Waals surface area contributed by atoms with Gasteiger partial charge < -0.3 is 14.8 Å². The van der Waals surface area contributed by atoms with E-state index in [9.17, 15) is 14.4 Å². The maximum absolute atomic E-state index is 12.4. The van der Waals surface area contributed by atoms with Crippen LogP contribution in [0.4, 0.5) is 0 Å². The number of carbonyl (C=O) groups is 3. The Bertz CT molecular complexity index is 1030. The summed E-state index contributed by atoms with van der Waals surface area (Å²) in [5.74, 6) is -0.597. The van der Waals surface area contributed by atoms with E-state index in [1.54, 1.807) is 42.5 Å². The molecule has 0 unspecified atom stereocenters. The van der Waals surface area contributed by atoms with Gasteiger partial charge in [-0.25, -0.2) is 9.80 Å². The molecule has 156 valence electrons. The molecule has 0 bridgehead atoms. The van der Waals surface area contributed by atoms with E-state index < -0.39 is 11.3 Å². The van der Waals surface area contributed by atoms with Gasteiger partial charge in [-0.15, -0.1) is 5.10 Å². The predicted molar refractivity (Wildman–Crippen MR) is 114 cm³/mol. The molecule has 2 aromatic rings.